The van der Waals surface area contributed by atoms with Gasteiger partial charge in [-0.1, -0.05) is 6.92 Å². The van der Waals surface area contributed by atoms with Gasteiger partial charge in [0, 0.05) is 38.0 Å². The first-order valence-electron chi connectivity index (χ1n) is 9.60. The highest BCUT2D eigenvalue weighted by molar-refractivity contribution is 5.76. The normalized spacial score (nSPS) is 28.0. The van der Waals surface area contributed by atoms with Gasteiger partial charge in [0.15, 0.2) is 0 Å². The van der Waals surface area contributed by atoms with Crippen LogP contribution in [0.15, 0.2) is 0 Å². The Morgan fingerprint density at radius 3 is 2.58 bits per heavy atom. The molecule has 4 rings (SSSR count). The average Bonchev–Trinajstić information content (AvgIpc) is 2.99. The van der Waals surface area contributed by atoms with E-state index in [-0.39, 0.29) is 0 Å². The number of likely N-dealkylation sites (tertiary alicyclic amines) is 2. The lowest BCUT2D eigenvalue weighted by Gasteiger charge is -2.34. The first kappa shape index (κ1) is 16.1. The number of carbonyl (C=O) groups is 1. The minimum Gasteiger partial charge on any atom is -0.338 e. The van der Waals surface area contributed by atoms with Gasteiger partial charge in [-0.15, -0.1) is 10.2 Å². The van der Waals surface area contributed by atoms with Gasteiger partial charge in [-0.2, -0.15) is 0 Å². The zero-order valence-corrected chi connectivity index (χ0v) is 14.9. The Balaban J connectivity index is 1.47. The monoisotopic (exact) mass is 331 g/mol. The molecule has 0 aromatic carbocycles. The Morgan fingerprint density at radius 2 is 1.83 bits per heavy atom. The Kier molecular flexibility index (Phi) is 4.33. The average molecular weight is 331 g/mol. The van der Waals surface area contributed by atoms with Gasteiger partial charge in [0.25, 0.3) is 0 Å². The highest BCUT2D eigenvalue weighted by atomic mass is 16.2. The van der Waals surface area contributed by atoms with Crippen LogP contribution in [0, 0.1) is 0 Å². The second-order valence-corrected chi connectivity index (χ2v) is 7.64. The Hall–Kier alpha value is -1.43. The summed E-state index contributed by atoms with van der Waals surface area (Å²) in [6, 6.07) is 0.889. The van der Waals surface area contributed by atoms with Crippen LogP contribution in [0.25, 0.3) is 0 Å². The zero-order valence-electron chi connectivity index (χ0n) is 14.9. The van der Waals surface area contributed by atoms with E-state index in [0.717, 1.165) is 44.1 Å². The number of aromatic nitrogens is 3. The summed E-state index contributed by atoms with van der Waals surface area (Å²) in [5.74, 6) is 3.19. The van der Waals surface area contributed by atoms with Gasteiger partial charge in [0.1, 0.15) is 11.6 Å². The second-order valence-electron chi connectivity index (χ2n) is 7.64. The molecule has 2 aliphatic heterocycles. The third-order valence-corrected chi connectivity index (χ3v) is 6.07. The molecular formula is C18H29N5O. The van der Waals surface area contributed by atoms with Crippen LogP contribution < -0.4 is 0 Å². The number of nitrogens with zero attached hydrogens (tertiary/aromatic N) is 5. The highest BCUT2D eigenvalue weighted by Crippen LogP contribution is 2.39. The van der Waals surface area contributed by atoms with Gasteiger partial charge < -0.3 is 9.47 Å². The molecule has 0 radical (unpaired) electrons. The van der Waals surface area contributed by atoms with E-state index < -0.39 is 0 Å². The Morgan fingerprint density at radius 1 is 1.08 bits per heavy atom. The number of carbonyl (C=O) groups excluding carboxylic acids is 1. The molecule has 2 saturated heterocycles. The fourth-order valence-corrected chi connectivity index (χ4v) is 4.58. The number of hydrogen-bond donors (Lipinski definition) is 0. The molecule has 2 atom stereocenters. The lowest BCUT2D eigenvalue weighted by molar-refractivity contribution is -0.132. The summed E-state index contributed by atoms with van der Waals surface area (Å²) < 4.78 is 2.21. The molecule has 3 fully saturated rings. The fraction of sp³-hybridized carbons (Fsp3) is 0.833. The van der Waals surface area contributed by atoms with Crippen LogP contribution in [-0.2, 0) is 18.4 Å². The molecule has 6 nitrogen and oxygen atoms in total. The number of amides is 1. The van der Waals surface area contributed by atoms with E-state index >= 15 is 0 Å². The molecule has 0 N–H and O–H groups in total. The van der Waals surface area contributed by atoms with Gasteiger partial charge in [-0.05, 0) is 45.1 Å². The van der Waals surface area contributed by atoms with Crippen LogP contribution in [0.5, 0.6) is 0 Å². The molecule has 1 aliphatic carbocycles. The predicted molar refractivity (Wildman–Crippen MR) is 91.4 cm³/mol. The molecular weight excluding hydrogens is 302 g/mol. The smallest absolute Gasteiger partial charge is 0.222 e. The number of rotatable bonds is 5. The summed E-state index contributed by atoms with van der Waals surface area (Å²) in [5, 5.41) is 8.88. The third-order valence-electron chi connectivity index (χ3n) is 6.07. The molecule has 1 aromatic heterocycles. The van der Waals surface area contributed by atoms with Crippen molar-refractivity contribution in [3.63, 3.8) is 0 Å². The van der Waals surface area contributed by atoms with Gasteiger partial charge >= 0.3 is 0 Å². The third kappa shape index (κ3) is 2.85. The predicted octanol–water partition coefficient (Wildman–Crippen LogP) is 2.06. The molecule has 3 aliphatic rings. The van der Waals surface area contributed by atoms with E-state index in [4.69, 9.17) is 0 Å². The van der Waals surface area contributed by atoms with Crippen LogP contribution >= 0.6 is 0 Å². The second kappa shape index (κ2) is 6.47. The van der Waals surface area contributed by atoms with Gasteiger partial charge in [0.2, 0.25) is 5.91 Å². The summed E-state index contributed by atoms with van der Waals surface area (Å²) >= 11 is 0. The fourth-order valence-electron chi connectivity index (χ4n) is 4.58. The van der Waals surface area contributed by atoms with Crippen molar-refractivity contribution in [1.82, 2.24) is 24.6 Å². The largest absolute Gasteiger partial charge is 0.338 e. The van der Waals surface area contributed by atoms with Crippen LogP contribution in [0.2, 0.25) is 0 Å². The van der Waals surface area contributed by atoms with E-state index in [1.165, 1.54) is 25.7 Å². The van der Waals surface area contributed by atoms with E-state index in [2.05, 4.69) is 31.6 Å². The van der Waals surface area contributed by atoms with Crippen molar-refractivity contribution in [2.75, 3.05) is 13.1 Å². The van der Waals surface area contributed by atoms with E-state index in [0.29, 0.717) is 30.3 Å². The zero-order chi connectivity index (χ0) is 16.7. The number of hydrogen-bond acceptors (Lipinski definition) is 4. The van der Waals surface area contributed by atoms with Crippen molar-refractivity contribution >= 4 is 5.91 Å². The van der Waals surface area contributed by atoms with Gasteiger partial charge in [-0.3, -0.25) is 9.69 Å². The van der Waals surface area contributed by atoms with Gasteiger partial charge in [-0.25, -0.2) is 0 Å². The highest BCUT2D eigenvalue weighted by Gasteiger charge is 2.39. The van der Waals surface area contributed by atoms with Crippen LogP contribution in [0.1, 0.15) is 69.4 Å². The van der Waals surface area contributed by atoms with E-state index in [9.17, 15) is 4.79 Å². The minimum atomic E-state index is 0.319. The molecule has 24 heavy (non-hydrogen) atoms. The standard InChI is InChI=1S/C18H29N5O/c1-3-17(24)23-11-5-7-15(23)14-6-4-10-22(14)12-16-19-20-18(21(16)2)13-8-9-13/h13-15H,3-12H2,1-2H3. The molecule has 6 heteroatoms. The molecule has 1 amide bonds. The molecule has 1 saturated carbocycles. The maximum Gasteiger partial charge on any atom is 0.222 e. The van der Waals surface area contributed by atoms with Crippen LogP contribution in [-0.4, -0.2) is 55.6 Å². The first-order chi connectivity index (χ1) is 11.7. The molecule has 2 unspecified atom stereocenters. The van der Waals surface area contributed by atoms with Crippen LogP contribution in [0.4, 0.5) is 0 Å². The van der Waals surface area contributed by atoms with Crippen molar-refractivity contribution < 1.29 is 4.79 Å². The van der Waals surface area contributed by atoms with Crippen molar-refractivity contribution in [3.8, 4) is 0 Å². The molecule has 0 bridgehead atoms. The summed E-state index contributed by atoms with van der Waals surface area (Å²) in [6.07, 6.45) is 7.87. The maximum absolute atomic E-state index is 12.3. The van der Waals surface area contributed by atoms with Crippen molar-refractivity contribution in [1.29, 1.82) is 0 Å². The summed E-state index contributed by atoms with van der Waals surface area (Å²) in [5.41, 5.74) is 0. The molecule has 132 valence electrons. The molecule has 0 spiro atoms. The molecule has 3 heterocycles. The summed E-state index contributed by atoms with van der Waals surface area (Å²) in [7, 11) is 2.11. The summed E-state index contributed by atoms with van der Waals surface area (Å²) in [4.78, 5) is 17.0. The van der Waals surface area contributed by atoms with E-state index in [1.54, 1.807) is 0 Å². The van der Waals surface area contributed by atoms with E-state index in [1.807, 2.05) is 6.92 Å². The minimum absolute atomic E-state index is 0.319. The lowest BCUT2D eigenvalue weighted by atomic mass is 10.0. The Labute approximate surface area is 144 Å². The Bertz CT molecular complexity index is 609. The quantitative estimate of drug-likeness (QED) is 0.829. The molecule has 1 aromatic rings. The maximum atomic E-state index is 12.3. The van der Waals surface area contributed by atoms with Crippen molar-refractivity contribution in [3.05, 3.63) is 11.6 Å². The topological polar surface area (TPSA) is 54.3 Å². The lowest BCUT2D eigenvalue weighted by Crippen LogP contribution is -2.48. The van der Waals surface area contributed by atoms with Crippen molar-refractivity contribution in [2.45, 2.75) is 76.4 Å². The first-order valence-corrected chi connectivity index (χ1v) is 9.60. The van der Waals surface area contributed by atoms with Crippen LogP contribution in [0.3, 0.4) is 0 Å². The SMILES string of the molecule is CCC(=O)N1CCCC1C1CCCN1Cc1nnc(C2CC2)n1C. The van der Waals surface area contributed by atoms with Crippen molar-refractivity contribution in [2.24, 2.45) is 7.05 Å². The summed E-state index contributed by atoms with van der Waals surface area (Å²) in [6.45, 7) is 4.90. The van der Waals surface area contributed by atoms with Gasteiger partial charge in [0.05, 0.1) is 6.54 Å².